The van der Waals surface area contributed by atoms with Gasteiger partial charge in [0.05, 0.1) is 11.5 Å². The molecule has 3 rings (SSSR count). The third-order valence-electron chi connectivity index (χ3n) is 3.55. The van der Waals surface area contributed by atoms with Crippen LogP contribution in [0.15, 0.2) is 58.2 Å². The number of oxazole rings is 1. The quantitative estimate of drug-likeness (QED) is 0.711. The second kappa shape index (κ2) is 7.02. The molecule has 126 valence electrons. The van der Waals surface area contributed by atoms with Gasteiger partial charge in [0.1, 0.15) is 11.3 Å². The Kier molecular flexibility index (Phi) is 4.82. The van der Waals surface area contributed by atoms with Gasteiger partial charge < -0.3 is 9.15 Å². The van der Waals surface area contributed by atoms with Crippen molar-refractivity contribution in [1.82, 2.24) is 9.71 Å². The van der Waals surface area contributed by atoms with Gasteiger partial charge in [-0.15, -0.1) is 0 Å². The Hall–Kier alpha value is -2.38. The van der Waals surface area contributed by atoms with Gasteiger partial charge in [-0.25, -0.2) is 18.1 Å². The first-order valence-electron chi connectivity index (χ1n) is 7.63. The van der Waals surface area contributed by atoms with Gasteiger partial charge in [0.2, 0.25) is 10.0 Å². The van der Waals surface area contributed by atoms with Crippen molar-refractivity contribution in [3.63, 3.8) is 0 Å². The third kappa shape index (κ3) is 3.74. The zero-order valence-corrected chi connectivity index (χ0v) is 14.0. The highest BCUT2D eigenvalue weighted by molar-refractivity contribution is 7.89. The van der Waals surface area contributed by atoms with Crippen molar-refractivity contribution in [3.05, 3.63) is 54.4 Å². The standard InChI is InChI=1S/C17H18N2O4S/c1-2-22-14-4-6-15(7-5-14)24(20,21)19-10-9-13-3-8-16-17(11-13)23-12-18-16/h3-8,11-12,19H,2,9-10H2,1H3. The minimum atomic E-state index is -3.54. The lowest BCUT2D eigenvalue weighted by atomic mass is 10.1. The molecule has 2 aromatic carbocycles. The van der Waals surface area contributed by atoms with Crippen LogP contribution < -0.4 is 9.46 Å². The fourth-order valence-electron chi connectivity index (χ4n) is 2.35. The Morgan fingerprint density at radius 1 is 1.17 bits per heavy atom. The number of fused-ring (bicyclic) bond motifs is 1. The number of hydrogen-bond donors (Lipinski definition) is 1. The molecule has 24 heavy (non-hydrogen) atoms. The summed E-state index contributed by atoms with van der Waals surface area (Å²) in [6.45, 7) is 2.72. The van der Waals surface area contributed by atoms with Gasteiger partial charge in [-0.2, -0.15) is 0 Å². The highest BCUT2D eigenvalue weighted by Crippen LogP contribution is 2.17. The molecule has 0 aliphatic carbocycles. The predicted molar refractivity (Wildman–Crippen MR) is 90.5 cm³/mol. The van der Waals surface area contributed by atoms with Crippen LogP contribution in [-0.2, 0) is 16.4 Å². The van der Waals surface area contributed by atoms with Gasteiger partial charge in [-0.1, -0.05) is 6.07 Å². The molecular weight excluding hydrogens is 328 g/mol. The molecule has 0 saturated heterocycles. The number of sulfonamides is 1. The van der Waals surface area contributed by atoms with Crippen molar-refractivity contribution in [1.29, 1.82) is 0 Å². The maximum absolute atomic E-state index is 12.3. The van der Waals surface area contributed by atoms with E-state index >= 15 is 0 Å². The summed E-state index contributed by atoms with van der Waals surface area (Å²) < 4.78 is 37.7. The first kappa shape index (κ1) is 16.5. The zero-order chi connectivity index (χ0) is 17.0. The summed E-state index contributed by atoms with van der Waals surface area (Å²) in [5, 5.41) is 0. The van der Waals surface area contributed by atoms with Gasteiger partial charge >= 0.3 is 0 Å². The Labute approximate surface area is 140 Å². The number of hydrogen-bond acceptors (Lipinski definition) is 5. The van der Waals surface area contributed by atoms with Gasteiger partial charge in [-0.05, 0) is 55.3 Å². The fraction of sp³-hybridized carbons (Fsp3) is 0.235. The van der Waals surface area contributed by atoms with E-state index in [9.17, 15) is 8.42 Å². The number of benzene rings is 2. The normalized spacial score (nSPS) is 11.7. The average molecular weight is 346 g/mol. The molecule has 1 N–H and O–H groups in total. The van der Waals surface area contributed by atoms with Crippen LogP contribution in [0.25, 0.3) is 11.1 Å². The molecule has 0 unspecified atom stereocenters. The number of nitrogens with one attached hydrogen (secondary N) is 1. The predicted octanol–water partition coefficient (Wildman–Crippen LogP) is 2.75. The summed E-state index contributed by atoms with van der Waals surface area (Å²) in [5.74, 6) is 0.650. The fourth-order valence-corrected chi connectivity index (χ4v) is 3.38. The molecule has 0 amide bonds. The van der Waals surface area contributed by atoms with Crippen LogP contribution in [0.3, 0.4) is 0 Å². The van der Waals surface area contributed by atoms with E-state index in [4.69, 9.17) is 9.15 Å². The lowest BCUT2D eigenvalue weighted by molar-refractivity contribution is 0.340. The molecule has 0 bridgehead atoms. The van der Waals surface area contributed by atoms with E-state index in [0.29, 0.717) is 30.9 Å². The van der Waals surface area contributed by atoms with Gasteiger partial charge in [0, 0.05) is 6.54 Å². The molecule has 0 spiro atoms. The van der Waals surface area contributed by atoms with E-state index in [1.54, 1.807) is 12.1 Å². The number of aromatic nitrogens is 1. The summed E-state index contributed by atoms with van der Waals surface area (Å²) in [6, 6.07) is 12.0. The molecule has 1 heterocycles. The molecule has 3 aromatic rings. The van der Waals surface area contributed by atoms with Crippen molar-refractivity contribution in [2.24, 2.45) is 0 Å². The summed E-state index contributed by atoms with van der Waals surface area (Å²) in [4.78, 5) is 4.27. The molecule has 0 atom stereocenters. The Bertz CT molecular complexity index is 917. The van der Waals surface area contributed by atoms with Crippen LogP contribution in [0.2, 0.25) is 0 Å². The van der Waals surface area contributed by atoms with Crippen LogP contribution in [0, 0.1) is 0 Å². The maximum atomic E-state index is 12.3. The third-order valence-corrected chi connectivity index (χ3v) is 5.02. The Balaban J connectivity index is 1.61. The largest absolute Gasteiger partial charge is 0.494 e. The first-order chi connectivity index (χ1) is 11.6. The van der Waals surface area contributed by atoms with Crippen molar-refractivity contribution >= 4 is 21.1 Å². The van der Waals surface area contributed by atoms with E-state index in [1.807, 2.05) is 25.1 Å². The van der Waals surface area contributed by atoms with Crippen molar-refractivity contribution < 1.29 is 17.6 Å². The van der Waals surface area contributed by atoms with E-state index in [-0.39, 0.29) is 4.90 Å². The Morgan fingerprint density at radius 3 is 2.71 bits per heavy atom. The van der Waals surface area contributed by atoms with E-state index in [0.717, 1.165) is 11.1 Å². The molecule has 0 radical (unpaired) electrons. The molecular formula is C17H18N2O4S. The van der Waals surface area contributed by atoms with Crippen molar-refractivity contribution in [2.75, 3.05) is 13.2 Å². The van der Waals surface area contributed by atoms with E-state index < -0.39 is 10.0 Å². The number of ether oxygens (including phenoxy) is 1. The maximum Gasteiger partial charge on any atom is 0.240 e. The molecule has 1 aromatic heterocycles. The highest BCUT2D eigenvalue weighted by Gasteiger charge is 2.13. The van der Waals surface area contributed by atoms with Crippen LogP contribution in [0.1, 0.15) is 12.5 Å². The monoisotopic (exact) mass is 346 g/mol. The summed E-state index contributed by atoms with van der Waals surface area (Å²) in [6.07, 6.45) is 1.95. The second-order valence-corrected chi connectivity index (χ2v) is 6.97. The average Bonchev–Trinajstić information content (AvgIpc) is 3.03. The van der Waals surface area contributed by atoms with E-state index in [1.165, 1.54) is 18.5 Å². The zero-order valence-electron chi connectivity index (χ0n) is 13.2. The van der Waals surface area contributed by atoms with Crippen molar-refractivity contribution in [2.45, 2.75) is 18.2 Å². The lowest BCUT2D eigenvalue weighted by Gasteiger charge is -2.08. The number of rotatable bonds is 7. The molecule has 6 nitrogen and oxygen atoms in total. The SMILES string of the molecule is CCOc1ccc(S(=O)(=O)NCCc2ccc3ncoc3c2)cc1. The summed E-state index contributed by atoms with van der Waals surface area (Å²) in [7, 11) is -3.54. The van der Waals surface area contributed by atoms with Crippen LogP contribution in [0.5, 0.6) is 5.75 Å². The first-order valence-corrected chi connectivity index (χ1v) is 9.11. The van der Waals surface area contributed by atoms with Gasteiger partial charge in [0.25, 0.3) is 0 Å². The van der Waals surface area contributed by atoms with Gasteiger partial charge in [0.15, 0.2) is 12.0 Å². The summed E-state index contributed by atoms with van der Waals surface area (Å²) in [5.41, 5.74) is 2.46. The summed E-state index contributed by atoms with van der Waals surface area (Å²) >= 11 is 0. The minimum Gasteiger partial charge on any atom is -0.494 e. The van der Waals surface area contributed by atoms with Crippen LogP contribution in [-0.4, -0.2) is 26.6 Å². The van der Waals surface area contributed by atoms with Gasteiger partial charge in [-0.3, -0.25) is 0 Å². The Morgan fingerprint density at radius 2 is 1.96 bits per heavy atom. The molecule has 7 heteroatoms. The van der Waals surface area contributed by atoms with Crippen LogP contribution >= 0.6 is 0 Å². The molecule has 0 aliphatic rings. The molecule has 0 aliphatic heterocycles. The van der Waals surface area contributed by atoms with E-state index in [2.05, 4.69) is 9.71 Å². The smallest absolute Gasteiger partial charge is 0.240 e. The van der Waals surface area contributed by atoms with Crippen molar-refractivity contribution in [3.8, 4) is 5.75 Å². The second-order valence-electron chi connectivity index (χ2n) is 5.21. The minimum absolute atomic E-state index is 0.219. The molecule has 0 saturated carbocycles. The topological polar surface area (TPSA) is 81.4 Å². The molecule has 0 fully saturated rings. The highest BCUT2D eigenvalue weighted by atomic mass is 32.2. The number of nitrogens with zero attached hydrogens (tertiary/aromatic N) is 1. The lowest BCUT2D eigenvalue weighted by Crippen LogP contribution is -2.25. The van der Waals surface area contributed by atoms with Crippen LogP contribution in [0.4, 0.5) is 0 Å².